The molecule has 5 heteroatoms. The second-order valence-electron chi connectivity index (χ2n) is 5.99. The van der Waals surface area contributed by atoms with Crippen LogP contribution in [-0.4, -0.2) is 33.5 Å². The zero-order valence-electron chi connectivity index (χ0n) is 14.4. The SMILES string of the molecule is CCCCN(C)C(=O)CCn1c(=O)n(CCC)c2ccccc21. The number of carbonyl (C=O) groups excluding carboxylic acids is 1. The van der Waals surface area contributed by atoms with E-state index in [0.29, 0.717) is 19.5 Å². The smallest absolute Gasteiger partial charge is 0.329 e. The lowest BCUT2D eigenvalue weighted by molar-refractivity contribution is -0.130. The van der Waals surface area contributed by atoms with E-state index in [0.717, 1.165) is 36.8 Å². The standard InChI is InChI=1S/C18H27N3O2/c1-4-6-13-19(3)17(22)11-14-21-16-10-8-7-9-15(16)20(12-5-2)18(21)23/h7-10H,4-6,11-14H2,1-3H3. The van der Waals surface area contributed by atoms with E-state index in [-0.39, 0.29) is 11.6 Å². The maximum Gasteiger partial charge on any atom is 0.329 e. The highest BCUT2D eigenvalue weighted by Crippen LogP contribution is 2.13. The molecule has 2 aromatic rings. The minimum atomic E-state index is -0.0166. The Morgan fingerprint density at radius 2 is 1.65 bits per heavy atom. The first-order valence-electron chi connectivity index (χ1n) is 8.52. The molecule has 5 nitrogen and oxygen atoms in total. The van der Waals surface area contributed by atoms with Crippen LogP contribution < -0.4 is 5.69 Å². The van der Waals surface area contributed by atoms with Gasteiger partial charge >= 0.3 is 5.69 Å². The van der Waals surface area contributed by atoms with Crippen molar-refractivity contribution in [3.8, 4) is 0 Å². The molecule has 0 aliphatic heterocycles. The quantitative estimate of drug-likeness (QED) is 0.751. The number of aromatic nitrogens is 2. The van der Waals surface area contributed by atoms with E-state index in [1.807, 2.05) is 31.3 Å². The van der Waals surface area contributed by atoms with E-state index >= 15 is 0 Å². The number of hydrogen-bond donors (Lipinski definition) is 0. The fourth-order valence-corrected chi connectivity index (χ4v) is 2.85. The normalized spacial score (nSPS) is 11.1. The van der Waals surface area contributed by atoms with Crippen LogP contribution >= 0.6 is 0 Å². The number of aryl methyl sites for hydroxylation is 2. The van der Waals surface area contributed by atoms with Gasteiger partial charge in [0.1, 0.15) is 0 Å². The van der Waals surface area contributed by atoms with Crippen molar-refractivity contribution in [1.82, 2.24) is 14.0 Å². The van der Waals surface area contributed by atoms with Crippen molar-refractivity contribution in [3.63, 3.8) is 0 Å². The Morgan fingerprint density at radius 3 is 2.22 bits per heavy atom. The Kier molecular flexibility index (Phi) is 6.02. The predicted molar refractivity (Wildman–Crippen MR) is 93.7 cm³/mol. The van der Waals surface area contributed by atoms with Crippen LogP contribution in [-0.2, 0) is 17.9 Å². The van der Waals surface area contributed by atoms with Gasteiger partial charge in [0, 0.05) is 33.1 Å². The third-order valence-electron chi connectivity index (χ3n) is 4.19. The van der Waals surface area contributed by atoms with E-state index in [2.05, 4.69) is 13.8 Å². The van der Waals surface area contributed by atoms with Crippen molar-refractivity contribution in [1.29, 1.82) is 0 Å². The Hall–Kier alpha value is -2.04. The monoisotopic (exact) mass is 317 g/mol. The molecular weight excluding hydrogens is 290 g/mol. The van der Waals surface area contributed by atoms with Gasteiger partial charge in [0.25, 0.3) is 0 Å². The number of carbonyl (C=O) groups is 1. The lowest BCUT2D eigenvalue weighted by Crippen LogP contribution is -2.30. The first-order chi connectivity index (χ1) is 11.1. The third-order valence-corrected chi connectivity index (χ3v) is 4.19. The van der Waals surface area contributed by atoms with Gasteiger partial charge in [0.15, 0.2) is 0 Å². The number of nitrogens with zero attached hydrogens (tertiary/aromatic N) is 3. The number of benzene rings is 1. The summed E-state index contributed by atoms with van der Waals surface area (Å²) in [5.41, 5.74) is 1.85. The number of rotatable bonds is 8. The lowest BCUT2D eigenvalue weighted by Gasteiger charge is -2.16. The molecule has 0 unspecified atom stereocenters. The van der Waals surface area contributed by atoms with Crippen LogP contribution in [0.4, 0.5) is 0 Å². The van der Waals surface area contributed by atoms with Crippen LogP contribution in [0, 0.1) is 0 Å². The molecule has 0 aliphatic rings. The second-order valence-corrected chi connectivity index (χ2v) is 5.99. The molecule has 0 aliphatic carbocycles. The number of amides is 1. The minimum Gasteiger partial charge on any atom is -0.346 e. The molecule has 2 rings (SSSR count). The van der Waals surface area contributed by atoms with Gasteiger partial charge in [-0.2, -0.15) is 0 Å². The van der Waals surface area contributed by atoms with Crippen molar-refractivity contribution in [2.75, 3.05) is 13.6 Å². The van der Waals surface area contributed by atoms with Crippen LogP contribution in [0.1, 0.15) is 39.5 Å². The average Bonchev–Trinajstić information content (AvgIpc) is 2.83. The fourth-order valence-electron chi connectivity index (χ4n) is 2.85. The van der Waals surface area contributed by atoms with Crippen LogP contribution in [0.15, 0.2) is 29.1 Å². The molecule has 23 heavy (non-hydrogen) atoms. The topological polar surface area (TPSA) is 47.2 Å². The lowest BCUT2D eigenvalue weighted by atomic mass is 10.3. The number of fused-ring (bicyclic) bond motifs is 1. The van der Waals surface area contributed by atoms with Crippen molar-refractivity contribution in [2.24, 2.45) is 0 Å². The number of unbranched alkanes of at least 4 members (excludes halogenated alkanes) is 1. The van der Waals surface area contributed by atoms with Gasteiger partial charge in [-0.3, -0.25) is 13.9 Å². The van der Waals surface area contributed by atoms with Gasteiger partial charge in [0.2, 0.25) is 5.91 Å². The summed E-state index contributed by atoms with van der Waals surface area (Å²) < 4.78 is 3.54. The zero-order valence-corrected chi connectivity index (χ0v) is 14.4. The Labute approximate surface area is 137 Å². The zero-order chi connectivity index (χ0) is 16.8. The Bertz CT molecular complexity index is 715. The molecule has 0 saturated carbocycles. The van der Waals surface area contributed by atoms with Crippen molar-refractivity contribution in [3.05, 3.63) is 34.7 Å². The predicted octanol–water partition coefficient (Wildman–Crippen LogP) is 2.86. The van der Waals surface area contributed by atoms with Crippen LogP contribution in [0.5, 0.6) is 0 Å². The molecule has 0 bridgehead atoms. The number of hydrogen-bond acceptors (Lipinski definition) is 2. The maximum atomic E-state index is 12.6. The molecule has 126 valence electrons. The molecule has 1 aromatic carbocycles. The first kappa shape index (κ1) is 17.3. The average molecular weight is 317 g/mol. The van der Waals surface area contributed by atoms with Gasteiger partial charge in [0.05, 0.1) is 11.0 Å². The van der Waals surface area contributed by atoms with E-state index < -0.39 is 0 Å². The van der Waals surface area contributed by atoms with Crippen LogP contribution in [0.2, 0.25) is 0 Å². The summed E-state index contributed by atoms with van der Waals surface area (Å²) in [6.45, 7) is 6.09. The van der Waals surface area contributed by atoms with Gasteiger partial charge < -0.3 is 4.90 Å². The summed E-state index contributed by atoms with van der Waals surface area (Å²) in [5.74, 6) is 0.0951. The Balaban J connectivity index is 2.19. The number of imidazole rings is 1. The van der Waals surface area contributed by atoms with Crippen molar-refractivity contribution < 1.29 is 4.79 Å². The van der Waals surface area contributed by atoms with Crippen LogP contribution in [0.25, 0.3) is 11.0 Å². The van der Waals surface area contributed by atoms with Crippen molar-refractivity contribution in [2.45, 2.75) is 52.6 Å². The second kappa shape index (κ2) is 7.99. The number of para-hydroxylation sites is 2. The van der Waals surface area contributed by atoms with Crippen LogP contribution in [0.3, 0.4) is 0 Å². The molecule has 0 radical (unpaired) electrons. The first-order valence-corrected chi connectivity index (χ1v) is 8.52. The highest BCUT2D eigenvalue weighted by molar-refractivity contribution is 5.78. The van der Waals surface area contributed by atoms with E-state index in [4.69, 9.17) is 0 Å². The van der Waals surface area contributed by atoms with E-state index in [1.165, 1.54) is 0 Å². The summed E-state index contributed by atoms with van der Waals surface area (Å²) in [6.07, 6.45) is 3.35. The minimum absolute atomic E-state index is 0.0166. The highest BCUT2D eigenvalue weighted by Gasteiger charge is 2.14. The van der Waals surface area contributed by atoms with Gasteiger partial charge in [-0.15, -0.1) is 0 Å². The molecule has 0 atom stereocenters. The summed E-state index contributed by atoms with van der Waals surface area (Å²) in [7, 11) is 1.83. The molecule has 1 heterocycles. The summed E-state index contributed by atoms with van der Waals surface area (Å²) in [6, 6.07) is 7.80. The molecule has 0 spiro atoms. The van der Waals surface area contributed by atoms with Gasteiger partial charge in [-0.1, -0.05) is 32.4 Å². The van der Waals surface area contributed by atoms with E-state index in [9.17, 15) is 9.59 Å². The van der Waals surface area contributed by atoms with Crippen molar-refractivity contribution >= 4 is 16.9 Å². The maximum absolute atomic E-state index is 12.6. The molecule has 0 fully saturated rings. The summed E-state index contributed by atoms with van der Waals surface area (Å²) >= 11 is 0. The van der Waals surface area contributed by atoms with Gasteiger partial charge in [-0.25, -0.2) is 4.79 Å². The van der Waals surface area contributed by atoms with Gasteiger partial charge in [-0.05, 0) is 25.0 Å². The Morgan fingerprint density at radius 1 is 1.04 bits per heavy atom. The third kappa shape index (κ3) is 3.84. The molecule has 1 aromatic heterocycles. The summed E-state index contributed by atoms with van der Waals surface area (Å²) in [4.78, 5) is 26.6. The molecule has 0 N–H and O–H groups in total. The fraction of sp³-hybridized carbons (Fsp3) is 0.556. The summed E-state index contributed by atoms with van der Waals surface area (Å²) in [5, 5.41) is 0. The largest absolute Gasteiger partial charge is 0.346 e. The van der Waals surface area contributed by atoms with E-state index in [1.54, 1.807) is 14.0 Å². The highest BCUT2D eigenvalue weighted by atomic mass is 16.2. The molecular formula is C18H27N3O2. The molecule has 0 saturated heterocycles. The molecule has 1 amide bonds.